The summed E-state index contributed by atoms with van der Waals surface area (Å²) in [4.78, 5) is 4.28. The quantitative estimate of drug-likeness (QED) is 0.619. The summed E-state index contributed by atoms with van der Waals surface area (Å²) in [6, 6.07) is 8.07. The minimum atomic E-state index is -2.90. The number of rotatable bonds is 4. The molecule has 1 aliphatic heterocycles. The van der Waals surface area contributed by atoms with Gasteiger partial charge in [0.15, 0.2) is 15.8 Å². The first-order chi connectivity index (χ1) is 11.9. The molecule has 1 atom stereocenters. The molecule has 2 fully saturated rings. The van der Waals surface area contributed by atoms with E-state index in [1.54, 1.807) is 7.05 Å². The zero-order valence-corrected chi connectivity index (χ0v) is 16.2. The van der Waals surface area contributed by atoms with Gasteiger partial charge in [0.05, 0.1) is 11.5 Å². The molecule has 5 nitrogen and oxygen atoms in total. The van der Waals surface area contributed by atoms with E-state index in [2.05, 4.69) is 27.8 Å². The zero-order chi connectivity index (χ0) is 17.9. The van der Waals surface area contributed by atoms with Crippen LogP contribution in [0.4, 0.5) is 0 Å². The van der Waals surface area contributed by atoms with E-state index in [0.717, 1.165) is 24.4 Å². The monoisotopic (exact) mass is 383 g/mol. The van der Waals surface area contributed by atoms with Crippen molar-refractivity contribution in [3.05, 3.63) is 34.9 Å². The average Bonchev–Trinajstić information content (AvgIpc) is 3.18. The van der Waals surface area contributed by atoms with Crippen molar-refractivity contribution in [2.75, 3.05) is 25.1 Å². The molecule has 1 heterocycles. The van der Waals surface area contributed by atoms with Gasteiger partial charge in [-0.25, -0.2) is 8.42 Å². The number of sulfone groups is 1. The third-order valence-electron chi connectivity index (χ3n) is 5.39. The van der Waals surface area contributed by atoms with E-state index in [1.165, 1.54) is 18.4 Å². The van der Waals surface area contributed by atoms with Crippen molar-refractivity contribution >= 4 is 27.4 Å². The zero-order valence-electron chi connectivity index (χ0n) is 14.6. The minimum absolute atomic E-state index is 0.0538. The van der Waals surface area contributed by atoms with Gasteiger partial charge in [-0.15, -0.1) is 0 Å². The summed E-state index contributed by atoms with van der Waals surface area (Å²) in [5, 5.41) is 7.45. The normalized spacial score (nSPS) is 25.0. The summed E-state index contributed by atoms with van der Waals surface area (Å²) in [6.45, 7) is 0.770. The highest BCUT2D eigenvalue weighted by atomic mass is 35.5. The third kappa shape index (κ3) is 4.47. The van der Waals surface area contributed by atoms with Crippen LogP contribution in [0.1, 0.15) is 37.7 Å². The minimum Gasteiger partial charge on any atom is -0.356 e. The Labute approximate surface area is 155 Å². The van der Waals surface area contributed by atoms with E-state index in [1.807, 2.05) is 12.1 Å². The second kappa shape index (κ2) is 7.54. The van der Waals surface area contributed by atoms with Gasteiger partial charge in [-0.3, -0.25) is 4.99 Å². The smallest absolute Gasteiger partial charge is 0.191 e. The van der Waals surface area contributed by atoms with Gasteiger partial charge in [0, 0.05) is 30.1 Å². The molecule has 0 amide bonds. The molecule has 1 saturated carbocycles. The molecular formula is C18H26ClN3O2S. The fourth-order valence-electron chi connectivity index (χ4n) is 3.99. The van der Waals surface area contributed by atoms with Crippen LogP contribution in [0, 0.1) is 0 Å². The lowest BCUT2D eigenvalue weighted by atomic mass is 9.79. The molecule has 1 aromatic carbocycles. The van der Waals surface area contributed by atoms with Crippen LogP contribution < -0.4 is 10.6 Å². The van der Waals surface area contributed by atoms with Crippen molar-refractivity contribution in [3.8, 4) is 0 Å². The number of halogens is 1. The summed E-state index contributed by atoms with van der Waals surface area (Å²) in [6.07, 6.45) is 5.30. The number of hydrogen-bond donors (Lipinski definition) is 2. The maximum Gasteiger partial charge on any atom is 0.191 e. The molecule has 2 aliphatic rings. The largest absolute Gasteiger partial charge is 0.356 e. The van der Waals surface area contributed by atoms with Crippen molar-refractivity contribution in [2.45, 2.75) is 43.6 Å². The van der Waals surface area contributed by atoms with Crippen molar-refractivity contribution in [1.82, 2.24) is 10.6 Å². The number of nitrogens with zero attached hydrogens (tertiary/aromatic N) is 1. The molecule has 138 valence electrons. The number of hydrogen-bond acceptors (Lipinski definition) is 3. The van der Waals surface area contributed by atoms with Gasteiger partial charge in [0.2, 0.25) is 0 Å². The van der Waals surface area contributed by atoms with Crippen molar-refractivity contribution < 1.29 is 8.42 Å². The summed E-state index contributed by atoms with van der Waals surface area (Å²) in [5.41, 5.74) is 1.33. The van der Waals surface area contributed by atoms with Gasteiger partial charge < -0.3 is 10.6 Å². The van der Waals surface area contributed by atoms with E-state index in [0.29, 0.717) is 12.4 Å². The molecule has 1 saturated heterocycles. The Morgan fingerprint density at radius 3 is 2.72 bits per heavy atom. The Morgan fingerprint density at radius 2 is 2.12 bits per heavy atom. The average molecular weight is 384 g/mol. The van der Waals surface area contributed by atoms with Gasteiger partial charge in [0.1, 0.15) is 0 Å². The van der Waals surface area contributed by atoms with Crippen LogP contribution >= 0.6 is 11.6 Å². The fraction of sp³-hybridized carbons (Fsp3) is 0.611. The van der Waals surface area contributed by atoms with Crippen LogP contribution in [-0.4, -0.2) is 45.5 Å². The third-order valence-corrected chi connectivity index (χ3v) is 7.39. The molecule has 7 heteroatoms. The van der Waals surface area contributed by atoms with Crippen molar-refractivity contribution in [1.29, 1.82) is 0 Å². The molecule has 0 aromatic heterocycles. The predicted octanol–water partition coefficient (Wildman–Crippen LogP) is 2.50. The first kappa shape index (κ1) is 18.5. The van der Waals surface area contributed by atoms with Crippen LogP contribution in [0.25, 0.3) is 0 Å². The molecule has 0 spiro atoms. The Kier molecular flexibility index (Phi) is 5.58. The Morgan fingerprint density at radius 1 is 1.36 bits per heavy atom. The van der Waals surface area contributed by atoms with Gasteiger partial charge in [0.25, 0.3) is 0 Å². The lowest BCUT2D eigenvalue weighted by molar-refractivity contribution is 0.430. The van der Waals surface area contributed by atoms with Crippen molar-refractivity contribution in [3.63, 3.8) is 0 Å². The van der Waals surface area contributed by atoms with Crippen LogP contribution in [0.5, 0.6) is 0 Å². The summed E-state index contributed by atoms with van der Waals surface area (Å²) in [5.74, 6) is 1.12. The fourth-order valence-corrected chi connectivity index (χ4v) is 5.85. The highest BCUT2D eigenvalue weighted by Crippen LogP contribution is 2.41. The van der Waals surface area contributed by atoms with E-state index < -0.39 is 9.84 Å². The number of aliphatic imine (C=N–C) groups is 1. The highest BCUT2D eigenvalue weighted by Gasteiger charge is 2.36. The standard InChI is InChI=1S/C18H26ClN3O2S/c1-20-17(22-16-7-10-25(23,24)12-16)21-13-18(8-2-3-9-18)14-5-4-6-15(19)11-14/h4-6,11,16H,2-3,7-10,12-13H2,1H3,(H2,20,21,22). The van der Waals surface area contributed by atoms with E-state index in [9.17, 15) is 8.42 Å². The lowest BCUT2D eigenvalue weighted by Crippen LogP contribution is -2.48. The maximum absolute atomic E-state index is 11.6. The highest BCUT2D eigenvalue weighted by molar-refractivity contribution is 7.91. The molecule has 25 heavy (non-hydrogen) atoms. The van der Waals surface area contributed by atoms with Gasteiger partial charge in [-0.2, -0.15) is 0 Å². The summed E-state index contributed by atoms with van der Waals surface area (Å²) in [7, 11) is -1.18. The van der Waals surface area contributed by atoms with E-state index >= 15 is 0 Å². The molecule has 0 radical (unpaired) electrons. The molecule has 1 unspecified atom stereocenters. The Balaban J connectivity index is 1.67. The molecule has 1 aliphatic carbocycles. The number of benzene rings is 1. The van der Waals surface area contributed by atoms with Crippen LogP contribution in [-0.2, 0) is 15.3 Å². The maximum atomic E-state index is 11.6. The Bertz CT molecular complexity index is 742. The molecule has 1 aromatic rings. The van der Waals surface area contributed by atoms with E-state index in [-0.39, 0.29) is 23.0 Å². The van der Waals surface area contributed by atoms with Crippen LogP contribution in [0.2, 0.25) is 5.02 Å². The molecule has 0 bridgehead atoms. The lowest BCUT2D eigenvalue weighted by Gasteiger charge is -2.31. The second-order valence-electron chi connectivity index (χ2n) is 7.17. The summed E-state index contributed by atoms with van der Waals surface area (Å²) >= 11 is 6.20. The molecular weight excluding hydrogens is 358 g/mol. The van der Waals surface area contributed by atoms with Gasteiger partial charge >= 0.3 is 0 Å². The predicted molar refractivity (Wildman–Crippen MR) is 103 cm³/mol. The first-order valence-corrected chi connectivity index (χ1v) is 11.1. The summed E-state index contributed by atoms with van der Waals surface area (Å²) < 4.78 is 23.3. The van der Waals surface area contributed by atoms with E-state index in [4.69, 9.17) is 11.6 Å². The molecule has 2 N–H and O–H groups in total. The first-order valence-electron chi connectivity index (χ1n) is 8.86. The van der Waals surface area contributed by atoms with Crippen LogP contribution in [0.15, 0.2) is 29.3 Å². The Hall–Kier alpha value is -1.27. The topological polar surface area (TPSA) is 70.6 Å². The SMILES string of the molecule is CN=C(NCC1(c2cccc(Cl)c2)CCCC1)NC1CCS(=O)(=O)C1. The number of nitrogens with one attached hydrogen (secondary N) is 2. The van der Waals surface area contributed by atoms with Gasteiger partial charge in [-0.1, -0.05) is 36.6 Å². The van der Waals surface area contributed by atoms with Gasteiger partial charge in [-0.05, 0) is 37.0 Å². The van der Waals surface area contributed by atoms with Crippen LogP contribution in [0.3, 0.4) is 0 Å². The second-order valence-corrected chi connectivity index (χ2v) is 9.83. The molecule has 3 rings (SSSR count). The van der Waals surface area contributed by atoms with Crippen molar-refractivity contribution in [2.24, 2.45) is 4.99 Å². The number of guanidine groups is 1.